The Morgan fingerprint density at radius 3 is 2.52 bits per heavy atom. The Kier molecular flexibility index (Phi) is 5.58. The minimum absolute atomic E-state index is 0.107. The van der Waals surface area contributed by atoms with E-state index in [2.05, 4.69) is 0 Å². The molecule has 23 heavy (non-hydrogen) atoms. The molecule has 0 aliphatic carbocycles. The fraction of sp³-hybridized carbons (Fsp3) is 0.235. The van der Waals surface area contributed by atoms with Gasteiger partial charge in [-0.25, -0.2) is 4.39 Å². The van der Waals surface area contributed by atoms with Gasteiger partial charge in [0, 0.05) is 23.8 Å². The Hall–Kier alpha value is -2.11. The molecule has 0 radical (unpaired) electrons. The van der Waals surface area contributed by atoms with Crippen LogP contribution >= 0.6 is 11.6 Å². The number of hydrogen-bond donors (Lipinski definition) is 1. The number of aliphatic hydroxyl groups is 1. The normalized spacial score (nSPS) is 11.9. The maximum Gasteiger partial charge on any atom is 0.229 e. The average Bonchev–Trinajstić information content (AvgIpc) is 2.54. The van der Waals surface area contributed by atoms with Gasteiger partial charge in [-0.1, -0.05) is 23.7 Å². The highest BCUT2D eigenvalue weighted by molar-refractivity contribution is 6.30. The standard InChI is InChI=1S/C17H17ClFNO3/c1-20(13-7-8-16(23-2)14(19)9-13)17(22)10-15(21)11-3-5-12(18)6-4-11/h3-9,15,21H,10H2,1-2H3. The molecule has 0 heterocycles. The zero-order chi connectivity index (χ0) is 17.0. The molecule has 0 fully saturated rings. The number of hydrogen-bond acceptors (Lipinski definition) is 3. The Morgan fingerprint density at radius 1 is 1.30 bits per heavy atom. The summed E-state index contributed by atoms with van der Waals surface area (Å²) in [5.74, 6) is -0.782. The molecule has 0 saturated carbocycles. The number of carbonyl (C=O) groups excluding carboxylic acids is 1. The van der Waals surface area contributed by atoms with Gasteiger partial charge in [0.2, 0.25) is 5.91 Å². The predicted molar refractivity (Wildman–Crippen MR) is 87.4 cm³/mol. The molecule has 4 nitrogen and oxygen atoms in total. The monoisotopic (exact) mass is 337 g/mol. The van der Waals surface area contributed by atoms with Crippen LogP contribution in [0.25, 0.3) is 0 Å². The van der Waals surface area contributed by atoms with Crippen LogP contribution < -0.4 is 9.64 Å². The van der Waals surface area contributed by atoms with Gasteiger partial charge in [0.05, 0.1) is 19.6 Å². The van der Waals surface area contributed by atoms with Crippen LogP contribution in [0.3, 0.4) is 0 Å². The van der Waals surface area contributed by atoms with Gasteiger partial charge in [0.1, 0.15) is 0 Å². The molecule has 1 amide bonds. The van der Waals surface area contributed by atoms with Crippen LogP contribution in [0.1, 0.15) is 18.1 Å². The molecule has 0 aromatic heterocycles. The predicted octanol–water partition coefficient (Wildman–Crippen LogP) is 3.57. The SMILES string of the molecule is COc1ccc(N(C)C(=O)CC(O)c2ccc(Cl)cc2)cc1F. The molecule has 2 aromatic carbocycles. The lowest BCUT2D eigenvalue weighted by atomic mass is 10.1. The van der Waals surface area contributed by atoms with Crippen LogP contribution in [-0.4, -0.2) is 25.2 Å². The van der Waals surface area contributed by atoms with Crippen molar-refractivity contribution in [2.45, 2.75) is 12.5 Å². The first kappa shape index (κ1) is 17.2. The molecule has 0 bridgehead atoms. The molecule has 6 heteroatoms. The van der Waals surface area contributed by atoms with E-state index < -0.39 is 11.9 Å². The highest BCUT2D eigenvalue weighted by atomic mass is 35.5. The second-order valence-corrected chi connectivity index (χ2v) is 5.48. The highest BCUT2D eigenvalue weighted by Gasteiger charge is 2.18. The van der Waals surface area contributed by atoms with Crippen molar-refractivity contribution < 1.29 is 19.0 Å². The summed E-state index contributed by atoms with van der Waals surface area (Å²) in [5, 5.41) is 10.7. The van der Waals surface area contributed by atoms with Crippen LogP contribution in [0.5, 0.6) is 5.75 Å². The molecule has 1 atom stereocenters. The highest BCUT2D eigenvalue weighted by Crippen LogP contribution is 2.25. The van der Waals surface area contributed by atoms with Crippen molar-refractivity contribution in [2.75, 3.05) is 19.1 Å². The maximum atomic E-state index is 13.7. The quantitative estimate of drug-likeness (QED) is 0.907. The summed E-state index contributed by atoms with van der Waals surface area (Å²) >= 11 is 5.79. The fourth-order valence-electron chi connectivity index (χ4n) is 2.11. The fourth-order valence-corrected chi connectivity index (χ4v) is 2.24. The van der Waals surface area contributed by atoms with E-state index in [4.69, 9.17) is 16.3 Å². The summed E-state index contributed by atoms with van der Waals surface area (Å²) in [4.78, 5) is 13.5. The number of anilines is 1. The molecular weight excluding hydrogens is 321 g/mol. The van der Waals surface area contributed by atoms with Crippen molar-refractivity contribution >= 4 is 23.2 Å². The van der Waals surface area contributed by atoms with E-state index in [1.807, 2.05) is 0 Å². The minimum Gasteiger partial charge on any atom is -0.494 e. The van der Waals surface area contributed by atoms with Crippen LogP contribution in [0.15, 0.2) is 42.5 Å². The van der Waals surface area contributed by atoms with Gasteiger partial charge >= 0.3 is 0 Å². The molecule has 1 unspecified atom stereocenters. The number of benzene rings is 2. The third kappa shape index (κ3) is 4.21. The number of aliphatic hydroxyl groups excluding tert-OH is 1. The van der Waals surface area contributed by atoms with Gasteiger partial charge < -0.3 is 14.7 Å². The zero-order valence-electron chi connectivity index (χ0n) is 12.8. The van der Waals surface area contributed by atoms with Crippen LogP contribution in [0.2, 0.25) is 5.02 Å². The molecule has 0 aliphatic rings. The molecule has 1 N–H and O–H groups in total. The zero-order valence-corrected chi connectivity index (χ0v) is 13.5. The third-order valence-electron chi connectivity index (χ3n) is 3.52. The van der Waals surface area contributed by atoms with Crippen molar-refractivity contribution in [2.24, 2.45) is 0 Å². The number of nitrogens with zero attached hydrogens (tertiary/aromatic N) is 1. The number of rotatable bonds is 5. The summed E-state index contributed by atoms with van der Waals surface area (Å²) in [6.45, 7) is 0. The smallest absolute Gasteiger partial charge is 0.229 e. The average molecular weight is 338 g/mol. The second-order valence-electron chi connectivity index (χ2n) is 5.04. The molecule has 2 rings (SSSR count). The molecule has 122 valence electrons. The number of carbonyl (C=O) groups is 1. The van der Waals surface area contributed by atoms with E-state index in [0.717, 1.165) is 0 Å². The minimum atomic E-state index is -0.953. The lowest BCUT2D eigenvalue weighted by Crippen LogP contribution is -2.27. The van der Waals surface area contributed by atoms with E-state index in [0.29, 0.717) is 16.3 Å². The lowest BCUT2D eigenvalue weighted by Gasteiger charge is -2.20. The van der Waals surface area contributed by atoms with Gasteiger partial charge in [0.15, 0.2) is 11.6 Å². The molecule has 2 aromatic rings. The molecule has 0 spiro atoms. The van der Waals surface area contributed by atoms with E-state index in [9.17, 15) is 14.3 Å². The largest absolute Gasteiger partial charge is 0.494 e. The Morgan fingerprint density at radius 2 is 1.96 bits per heavy atom. The first-order valence-electron chi connectivity index (χ1n) is 6.96. The van der Waals surface area contributed by atoms with E-state index >= 15 is 0 Å². The van der Waals surface area contributed by atoms with Crippen LogP contribution in [-0.2, 0) is 4.79 Å². The van der Waals surface area contributed by atoms with Crippen molar-refractivity contribution in [1.29, 1.82) is 0 Å². The van der Waals surface area contributed by atoms with E-state index in [1.165, 1.54) is 31.2 Å². The van der Waals surface area contributed by atoms with Crippen LogP contribution in [0.4, 0.5) is 10.1 Å². The Bertz CT molecular complexity index is 691. The molecule has 0 aliphatic heterocycles. The third-order valence-corrected chi connectivity index (χ3v) is 3.77. The lowest BCUT2D eigenvalue weighted by molar-refractivity contribution is -0.120. The second kappa shape index (κ2) is 7.44. The van der Waals surface area contributed by atoms with Crippen molar-refractivity contribution in [3.8, 4) is 5.75 Å². The Labute approximate surface area is 139 Å². The van der Waals surface area contributed by atoms with Gasteiger partial charge in [-0.2, -0.15) is 0 Å². The maximum absolute atomic E-state index is 13.7. The number of amides is 1. The number of halogens is 2. The molecular formula is C17H17ClFNO3. The van der Waals surface area contributed by atoms with Crippen molar-refractivity contribution in [3.05, 3.63) is 58.9 Å². The van der Waals surface area contributed by atoms with E-state index in [-0.39, 0.29) is 18.1 Å². The topological polar surface area (TPSA) is 49.8 Å². The van der Waals surface area contributed by atoms with Gasteiger partial charge in [0.25, 0.3) is 0 Å². The Balaban J connectivity index is 2.07. The summed E-state index contributed by atoms with van der Waals surface area (Å²) in [7, 11) is 2.90. The van der Waals surface area contributed by atoms with Crippen molar-refractivity contribution in [3.63, 3.8) is 0 Å². The molecule has 0 saturated heterocycles. The van der Waals surface area contributed by atoms with Gasteiger partial charge in [-0.15, -0.1) is 0 Å². The van der Waals surface area contributed by atoms with Gasteiger partial charge in [-0.05, 0) is 29.8 Å². The van der Waals surface area contributed by atoms with Crippen LogP contribution in [0, 0.1) is 5.82 Å². The summed E-state index contributed by atoms with van der Waals surface area (Å²) in [6, 6.07) is 10.9. The summed E-state index contributed by atoms with van der Waals surface area (Å²) < 4.78 is 18.6. The first-order valence-corrected chi connectivity index (χ1v) is 7.33. The number of ether oxygens (including phenoxy) is 1. The number of methoxy groups -OCH3 is 1. The van der Waals surface area contributed by atoms with E-state index in [1.54, 1.807) is 30.3 Å². The summed E-state index contributed by atoms with van der Waals surface area (Å²) in [5.41, 5.74) is 0.980. The van der Waals surface area contributed by atoms with Gasteiger partial charge in [-0.3, -0.25) is 4.79 Å². The first-order chi connectivity index (χ1) is 10.9. The van der Waals surface area contributed by atoms with Crippen molar-refractivity contribution in [1.82, 2.24) is 0 Å². The summed E-state index contributed by atoms with van der Waals surface area (Å²) in [6.07, 6.45) is -1.07.